The second-order valence-corrected chi connectivity index (χ2v) is 9.33. The Hall–Kier alpha value is -4.50. The molecule has 0 atom stereocenters. The summed E-state index contributed by atoms with van der Waals surface area (Å²) in [5, 5.41) is 20.5. The van der Waals surface area contributed by atoms with Crippen LogP contribution < -0.4 is 9.47 Å². The molecular weight excluding hydrogens is 494 g/mol. The number of aliphatic carboxylic acids is 1. The van der Waals surface area contributed by atoms with Crippen molar-refractivity contribution in [3.05, 3.63) is 98.9 Å². The molecule has 1 heterocycles. The number of ether oxygens (including phenoxy) is 2. The van der Waals surface area contributed by atoms with Crippen LogP contribution in [0.4, 0.5) is 5.69 Å². The summed E-state index contributed by atoms with van der Waals surface area (Å²) < 4.78 is 10.8. The largest absolute Gasteiger partial charge is 0.493 e. The average molecular weight is 518 g/mol. The molecule has 9 heteroatoms. The molecule has 4 aromatic rings. The van der Waals surface area contributed by atoms with Crippen molar-refractivity contribution >= 4 is 28.8 Å². The lowest BCUT2D eigenvalue weighted by atomic mass is 9.95. The molecule has 188 valence electrons. The van der Waals surface area contributed by atoms with Gasteiger partial charge in [0.15, 0.2) is 17.3 Å². The minimum atomic E-state index is -0.894. The molecule has 0 aliphatic carbocycles. The number of hydrogen-bond acceptors (Lipinski definition) is 7. The van der Waals surface area contributed by atoms with E-state index in [1.807, 2.05) is 30.3 Å². The molecule has 37 heavy (non-hydrogen) atoms. The fourth-order valence-electron chi connectivity index (χ4n) is 4.09. The molecule has 0 unspecified atom stereocenters. The third-order valence-electron chi connectivity index (χ3n) is 5.79. The number of hydrogen-bond donors (Lipinski definition) is 1. The lowest BCUT2D eigenvalue weighted by Gasteiger charge is -2.14. The number of nitro benzene ring substituents is 1. The van der Waals surface area contributed by atoms with Crippen molar-refractivity contribution in [1.82, 2.24) is 0 Å². The molecule has 8 nitrogen and oxygen atoms in total. The molecule has 0 fully saturated rings. The Labute approximate surface area is 216 Å². The number of non-ortho nitro benzene ring substituents is 1. The van der Waals surface area contributed by atoms with Crippen molar-refractivity contribution in [1.29, 1.82) is 0 Å². The Bertz CT molecular complexity index is 1490. The Morgan fingerprint density at radius 1 is 0.919 bits per heavy atom. The maximum Gasteiger partial charge on any atom is 0.308 e. The van der Waals surface area contributed by atoms with Crippen LogP contribution in [0.1, 0.15) is 20.8 Å². The van der Waals surface area contributed by atoms with Gasteiger partial charge in [0.2, 0.25) is 0 Å². The fourth-order valence-corrected chi connectivity index (χ4v) is 5.15. The first-order valence-corrected chi connectivity index (χ1v) is 12.0. The van der Waals surface area contributed by atoms with Crippen LogP contribution >= 0.6 is 11.3 Å². The first-order chi connectivity index (χ1) is 17.8. The van der Waals surface area contributed by atoms with Crippen molar-refractivity contribution in [3.8, 4) is 33.1 Å². The van der Waals surface area contributed by atoms with Crippen LogP contribution in [0, 0.1) is 10.1 Å². The van der Waals surface area contributed by atoms with Gasteiger partial charge in [0, 0.05) is 33.4 Å². The Kier molecular flexibility index (Phi) is 7.64. The first kappa shape index (κ1) is 25.6. The number of methoxy groups -OCH3 is 2. The highest BCUT2D eigenvalue weighted by molar-refractivity contribution is 7.15. The summed E-state index contributed by atoms with van der Waals surface area (Å²) in [5.74, 6) is -0.476. The SMILES string of the molecule is COc1cc([N+](=O)[O-])cc(-c2cccc(C(=O)Cc3ccccc3-c3ccc(CC(=O)O)s3)c2)c1OC. The topological polar surface area (TPSA) is 116 Å². The monoisotopic (exact) mass is 517 g/mol. The summed E-state index contributed by atoms with van der Waals surface area (Å²) in [6, 6.07) is 20.7. The van der Waals surface area contributed by atoms with Gasteiger partial charge in [0.1, 0.15) is 0 Å². The van der Waals surface area contributed by atoms with Crippen LogP contribution in [0.2, 0.25) is 0 Å². The maximum absolute atomic E-state index is 13.3. The van der Waals surface area contributed by atoms with Crippen LogP contribution in [0.25, 0.3) is 21.6 Å². The summed E-state index contributed by atoms with van der Waals surface area (Å²) in [7, 11) is 2.85. The predicted molar refractivity (Wildman–Crippen MR) is 141 cm³/mol. The molecule has 0 saturated carbocycles. The van der Waals surface area contributed by atoms with E-state index in [4.69, 9.17) is 14.6 Å². The number of carboxylic acids is 1. The van der Waals surface area contributed by atoms with Crippen LogP contribution in [0.3, 0.4) is 0 Å². The average Bonchev–Trinajstić information content (AvgIpc) is 3.35. The summed E-state index contributed by atoms with van der Waals surface area (Å²) >= 11 is 1.39. The van der Waals surface area contributed by atoms with Gasteiger partial charge >= 0.3 is 5.97 Å². The van der Waals surface area contributed by atoms with E-state index in [9.17, 15) is 19.7 Å². The zero-order valence-corrected chi connectivity index (χ0v) is 20.9. The van der Waals surface area contributed by atoms with Gasteiger partial charge in [-0.1, -0.05) is 42.5 Å². The van der Waals surface area contributed by atoms with Crippen molar-refractivity contribution in [3.63, 3.8) is 0 Å². The molecule has 0 aliphatic heterocycles. The van der Waals surface area contributed by atoms with E-state index in [-0.39, 0.29) is 30.1 Å². The van der Waals surface area contributed by atoms with Crippen molar-refractivity contribution < 1.29 is 29.1 Å². The number of Topliss-reactive ketones (excluding diaryl/α,β-unsaturated/α-hetero) is 1. The minimum absolute atomic E-state index is 0.0511. The van der Waals surface area contributed by atoms with E-state index >= 15 is 0 Å². The van der Waals surface area contributed by atoms with Gasteiger partial charge in [-0.3, -0.25) is 19.7 Å². The maximum atomic E-state index is 13.3. The fraction of sp³-hybridized carbons (Fsp3) is 0.143. The highest BCUT2D eigenvalue weighted by Crippen LogP contribution is 2.41. The first-order valence-electron chi connectivity index (χ1n) is 11.2. The standard InChI is InChI=1S/C28H23NO7S/c1-35-25-15-20(29(33)34)14-23(28(25)36-2)17-7-5-8-19(12-17)24(30)13-18-6-3-4-9-22(18)26-11-10-21(37-26)16-27(31)32/h3-12,14-15H,13,16H2,1-2H3,(H,31,32). The highest BCUT2D eigenvalue weighted by atomic mass is 32.1. The van der Waals surface area contributed by atoms with E-state index in [1.54, 1.807) is 30.3 Å². The molecule has 4 rings (SSSR count). The number of carboxylic acid groups (broad SMARTS) is 1. The van der Waals surface area contributed by atoms with Crippen LogP contribution in [0.5, 0.6) is 11.5 Å². The van der Waals surface area contributed by atoms with Gasteiger partial charge in [-0.2, -0.15) is 0 Å². The van der Waals surface area contributed by atoms with Crippen molar-refractivity contribution in [2.75, 3.05) is 14.2 Å². The summed E-state index contributed by atoms with van der Waals surface area (Å²) in [5.41, 5.74) is 2.99. The third kappa shape index (κ3) is 5.68. The van der Waals surface area contributed by atoms with Crippen LogP contribution in [0.15, 0.2) is 72.8 Å². The lowest BCUT2D eigenvalue weighted by molar-refractivity contribution is -0.384. The number of carbonyl (C=O) groups excluding carboxylic acids is 1. The molecule has 0 bridgehead atoms. The molecule has 0 radical (unpaired) electrons. The molecule has 3 aromatic carbocycles. The van der Waals surface area contributed by atoms with E-state index in [0.717, 1.165) is 20.9 Å². The van der Waals surface area contributed by atoms with E-state index in [2.05, 4.69) is 0 Å². The van der Waals surface area contributed by atoms with Gasteiger partial charge < -0.3 is 14.6 Å². The molecule has 1 N–H and O–H groups in total. The quantitative estimate of drug-likeness (QED) is 0.154. The number of benzene rings is 3. The Balaban J connectivity index is 1.67. The summed E-state index contributed by atoms with van der Waals surface area (Å²) in [6.07, 6.45) is 0.0750. The Morgan fingerprint density at radius 2 is 1.70 bits per heavy atom. The molecular formula is C28H23NO7S. The van der Waals surface area contributed by atoms with Gasteiger partial charge in [0.25, 0.3) is 5.69 Å². The number of carbonyl (C=O) groups is 2. The zero-order valence-electron chi connectivity index (χ0n) is 20.1. The number of nitro groups is 1. The van der Waals surface area contributed by atoms with Crippen LogP contribution in [-0.4, -0.2) is 36.0 Å². The van der Waals surface area contributed by atoms with E-state index in [0.29, 0.717) is 22.4 Å². The second kappa shape index (κ2) is 11.0. The van der Waals surface area contributed by atoms with Crippen LogP contribution in [-0.2, 0) is 17.6 Å². The van der Waals surface area contributed by atoms with E-state index in [1.165, 1.54) is 37.7 Å². The lowest BCUT2D eigenvalue weighted by Crippen LogP contribution is -2.05. The normalized spacial score (nSPS) is 10.6. The highest BCUT2D eigenvalue weighted by Gasteiger charge is 2.20. The molecule has 1 aromatic heterocycles. The van der Waals surface area contributed by atoms with E-state index < -0.39 is 10.9 Å². The van der Waals surface area contributed by atoms with Gasteiger partial charge in [-0.05, 0) is 34.9 Å². The predicted octanol–water partition coefficient (Wildman–Crippen LogP) is 6.06. The van der Waals surface area contributed by atoms with Crippen molar-refractivity contribution in [2.45, 2.75) is 12.8 Å². The molecule has 0 aliphatic rings. The Morgan fingerprint density at radius 3 is 2.41 bits per heavy atom. The number of rotatable bonds is 10. The minimum Gasteiger partial charge on any atom is -0.493 e. The third-order valence-corrected chi connectivity index (χ3v) is 6.91. The van der Waals surface area contributed by atoms with Crippen molar-refractivity contribution in [2.24, 2.45) is 0 Å². The molecule has 0 saturated heterocycles. The zero-order chi connectivity index (χ0) is 26.5. The molecule has 0 amide bonds. The number of ketones is 1. The smallest absolute Gasteiger partial charge is 0.308 e. The van der Waals surface area contributed by atoms with Gasteiger partial charge in [-0.25, -0.2) is 0 Å². The summed E-state index contributed by atoms with van der Waals surface area (Å²) in [4.78, 5) is 37.0. The second-order valence-electron chi connectivity index (χ2n) is 8.16. The number of nitrogens with zero attached hydrogens (tertiary/aromatic N) is 1. The van der Waals surface area contributed by atoms with Gasteiger partial charge in [-0.15, -0.1) is 11.3 Å². The summed E-state index contributed by atoms with van der Waals surface area (Å²) in [6.45, 7) is 0. The van der Waals surface area contributed by atoms with Gasteiger partial charge in [0.05, 0.1) is 31.6 Å². The molecule has 0 spiro atoms. The number of thiophene rings is 1.